The van der Waals surface area contributed by atoms with E-state index in [2.05, 4.69) is 28.2 Å². The molecule has 0 saturated heterocycles. The first-order chi connectivity index (χ1) is 8.43. The summed E-state index contributed by atoms with van der Waals surface area (Å²) in [5.41, 5.74) is 3.23. The van der Waals surface area contributed by atoms with E-state index in [4.69, 9.17) is 0 Å². The molecule has 0 bridgehead atoms. The third-order valence-electron chi connectivity index (χ3n) is 2.51. The largest absolute Gasteiger partial charge is 0.256 e. The fourth-order valence-electron chi connectivity index (χ4n) is 1.70. The number of rotatable bonds is 2. The smallest absolute Gasteiger partial charge is 0.123 e. The van der Waals surface area contributed by atoms with Crippen molar-refractivity contribution in [3.63, 3.8) is 0 Å². The Morgan fingerprint density at radius 3 is 2.47 bits per heavy atom. The molecular weight excluding hydrogens is 228 g/mol. The first kappa shape index (κ1) is 10.2. The summed E-state index contributed by atoms with van der Waals surface area (Å²) in [4.78, 5) is 8.71. The molecule has 82 valence electrons. The molecule has 3 rings (SSSR count). The Balaban J connectivity index is 2.06. The van der Waals surface area contributed by atoms with Gasteiger partial charge in [-0.25, -0.2) is 4.98 Å². The summed E-state index contributed by atoms with van der Waals surface area (Å²) in [7, 11) is 0. The number of pyridine rings is 1. The molecule has 0 aliphatic carbocycles. The lowest BCUT2D eigenvalue weighted by atomic mass is 10.1. The van der Waals surface area contributed by atoms with Gasteiger partial charge in [-0.05, 0) is 12.1 Å². The highest BCUT2D eigenvalue weighted by atomic mass is 32.1. The minimum absolute atomic E-state index is 0.985. The van der Waals surface area contributed by atoms with Crippen LogP contribution in [0, 0.1) is 0 Å². The van der Waals surface area contributed by atoms with Gasteiger partial charge in [-0.2, -0.15) is 0 Å². The summed E-state index contributed by atoms with van der Waals surface area (Å²) >= 11 is 1.64. The molecule has 0 amide bonds. The van der Waals surface area contributed by atoms with Crippen LogP contribution in [0.15, 0.2) is 60.2 Å². The highest BCUT2D eigenvalue weighted by Crippen LogP contribution is 2.25. The Morgan fingerprint density at radius 2 is 1.71 bits per heavy atom. The van der Waals surface area contributed by atoms with Gasteiger partial charge in [-0.15, -0.1) is 11.3 Å². The first-order valence-corrected chi connectivity index (χ1v) is 6.23. The van der Waals surface area contributed by atoms with Crippen molar-refractivity contribution in [1.29, 1.82) is 0 Å². The van der Waals surface area contributed by atoms with E-state index < -0.39 is 0 Å². The predicted molar refractivity (Wildman–Crippen MR) is 70.8 cm³/mol. The number of hydrogen-bond acceptors (Lipinski definition) is 3. The molecule has 2 nitrogen and oxygen atoms in total. The summed E-state index contributed by atoms with van der Waals surface area (Å²) in [6, 6.07) is 14.2. The van der Waals surface area contributed by atoms with E-state index >= 15 is 0 Å². The summed E-state index contributed by atoms with van der Waals surface area (Å²) in [6.07, 6.45) is 3.65. The van der Waals surface area contributed by atoms with Crippen molar-refractivity contribution in [3.8, 4) is 21.8 Å². The maximum Gasteiger partial charge on any atom is 0.123 e. The van der Waals surface area contributed by atoms with Crippen LogP contribution in [0.5, 0.6) is 0 Å². The second kappa shape index (κ2) is 4.47. The fourth-order valence-corrected chi connectivity index (χ4v) is 2.33. The minimum atomic E-state index is 0.985. The number of nitrogens with zero attached hydrogens (tertiary/aromatic N) is 2. The van der Waals surface area contributed by atoms with Gasteiger partial charge in [0.15, 0.2) is 0 Å². The highest BCUT2D eigenvalue weighted by molar-refractivity contribution is 7.13. The molecule has 2 aromatic heterocycles. The van der Waals surface area contributed by atoms with Crippen LogP contribution in [0.25, 0.3) is 21.8 Å². The first-order valence-electron chi connectivity index (χ1n) is 5.35. The Bertz CT molecular complexity index is 603. The van der Waals surface area contributed by atoms with E-state index in [0.717, 1.165) is 21.8 Å². The van der Waals surface area contributed by atoms with Gasteiger partial charge in [0.25, 0.3) is 0 Å². The minimum Gasteiger partial charge on any atom is -0.256 e. The average molecular weight is 238 g/mol. The van der Waals surface area contributed by atoms with E-state index in [1.165, 1.54) is 0 Å². The Hall–Kier alpha value is -2.00. The molecule has 0 aliphatic heterocycles. The van der Waals surface area contributed by atoms with Gasteiger partial charge in [-0.3, -0.25) is 4.98 Å². The second-order valence-electron chi connectivity index (χ2n) is 3.63. The van der Waals surface area contributed by atoms with Crippen molar-refractivity contribution >= 4 is 11.3 Å². The number of hydrogen-bond donors (Lipinski definition) is 0. The zero-order valence-corrected chi connectivity index (χ0v) is 9.89. The van der Waals surface area contributed by atoms with E-state index in [9.17, 15) is 0 Å². The molecule has 0 N–H and O–H groups in total. The third kappa shape index (κ3) is 2.10. The molecule has 2 heterocycles. The SMILES string of the molecule is c1ccc(-c2cc(-c3nccs3)ccn2)cc1. The number of thiazole rings is 1. The zero-order chi connectivity index (χ0) is 11.5. The zero-order valence-electron chi connectivity index (χ0n) is 9.08. The lowest BCUT2D eigenvalue weighted by Gasteiger charge is -2.02. The van der Waals surface area contributed by atoms with Gasteiger partial charge in [-0.1, -0.05) is 30.3 Å². The van der Waals surface area contributed by atoms with Crippen molar-refractivity contribution < 1.29 is 0 Å². The topological polar surface area (TPSA) is 25.8 Å². The van der Waals surface area contributed by atoms with E-state index in [0.29, 0.717) is 0 Å². The fraction of sp³-hybridized carbons (Fsp3) is 0. The molecular formula is C14H10N2S. The average Bonchev–Trinajstić information content (AvgIpc) is 2.94. The van der Waals surface area contributed by atoms with Gasteiger partial charge >= 0.3 is 0 Å². The third-order valence-corrected chi connectivity index (χ3v) is 3.33. The second-order valence-corrected chi connectivity index (χ2v) is 4.53. The Kier molecular flexibility index (Phi) is 2.68. The summed E-state index contributed by atoms with van der Waals surface area (Å²) in [5, 5.41) is 3.02. The summed E-state index contributed by atoms with van der Waals surface area (Å²) in [5.74, 6) is 0. The van der Waals surface area contributed by atoms with E-state index in [1.54, 1.807) is 11.3 Å². The maximum absolute atomic E-state index is 4.40. The molecule has 1 aromatic carbocycles. The normalized spacial score (nSPS) is 10.4. The van der Waals surface area contributed by atoms with Crippen LogP contribution in [0.1, 0.15) is 0 Å². The van der Waals surface area contributed by atoms with Crippen LogP contribution in [-0.2, 0) is 0 Å². The molecule has 17 heavy (non-hydrogen) atoms. The quantitative estimate of drug-likeness (QED) is 0.677. The van der Waals surface area contributed by atoms with Crippen LogP contribution in [0.3, 0.4) is 0 Å². The van der Waals surface area contributed by atoms with Crippen LogP contribution >= 0.6 is 11.3 Å². The van der Waals surface area contributed by atoms with Gasteiger partial charge in [0.1, 0.15) is 5.01 Å². The molecule has 3 heteroatoms. The molecule has 3 aromatic rings. The monoisotopic (exact) mass is 238 g/mol. The maximum atomic E-state index is 4.40. The molecule has 0 spiro atoms. The molecule has 0 fully saturated rings. The van der Waals surface area contributed by atoms with Crippen LogP contribution in [0.4, 0.5) is 0 Å². The summed E-state index contributed by atoms with van der Waals surface area (Å²) in [6.45, 7) is 0. The van der Waals surface area contributed by atoms with Gasteiger partial charge in [0, 0.05) is 28.9 Å². The van der Waals surface area contributed by atoms with Crippen LogP contribution < -0.4 is 0 Å². The summed E-state index contributed by atoms with van der Waals surface area (Å²) < 4.78 is 0. The standard InChI is InChI=1S/C14H10N2S/c1-2-4-11(5-3-1)13-10-12(6-7-15-13)14-16-8-9-17-14/h1-10H. The Labute approximate surface area is 104 Å². The van der Waals surface area contributed by atoms with E-state index in [1.807, 2.05) is 42.0 Å². The highest BCUT2D eigenvalue weighted by Gasteiger charge is 2.03. The Morgan fingerprint density at radius 1 is 0.824 bits per heavy atom. The van der Waals surface area contributed by atoms with E-state index in [-0.39, 0.29) is 0 Å². The number of benzene rings is 1. The van der Waals surface area contributed by atoms with Crippen molar-refractivity contribution in [3.05, 3.63) is 60.2 Å². The van der Waals surface area contributed by atoms with Crippen molar-refractivity contribution in [1.82, 2.24) is 9.97 Å². The molecule has 0 atom stereocenters. The molecule has 0 radical (unpaired) electrons. The van der Waals surface area contributed by atoms with Gasteiger partial charge in [0.05, 0.1) is 5.69 Å². The van der Waals surface area contributed by atoms with Crippen molar-refractivity contribution in [2.24, 2.45) is 0 Å². The lowest BCUT2D eigenvalue weighted by Crippen LogP contribution is -1.84. The molecule has 0 aliphatic rings. The van der Waals surface area contributed by atoms with Gasteiger partial charge in [0.2, 0.25) is 0 Å². The van der Waals surface area contributed by atoms with Crippen molar-refractivity contribution in [2.45, 2.75) is 0 Å². The van der Waals surface area contributed by atoms with Gasteiger partial charge < -0.3 is 0 Å². The van der Waals surface area contributed by atoms with Crippen molar-refractivity contribution in [2.75, 3.05) is 0 Å². The molecule has 0 unspecified atom stereocenters. The molecule has 0 saturated carbocycles. The van der Waals surface area contributed by atoms with Crippen LogP contribution in [0.2, 0.25) is 0 Å². The number of aromatic nitrogens is 2. The lowest BCUT2D eigenvalue weighted by molar-refractivity contribution is 1.31. The predicted octanol–water partition coefficient (Wildman–Crippen LogP) is 3.87. The van der Waals surface area contributed by atoms with Crippen LogP contribution in [-0.4, -0.2) is 9.97 Å².